The van der Waals surface area contributed by atoms with Gasteiger partial charge in [-0.05, 0) is 42.0 Å². The van der Waals surface area contributed by atoms with Crippen molar-refractivity contribution < 1.29 is 22.7 Å². The van der Waals surface area contributed by atoms with Crippen LogP contribution in [0.1, 0.15) is 5.56 Å². The lowest BCUT2D eigenvalue weighted by Gasteiger charge is -2.08. The molecule has 3 rings (SSSR count). The minimum Gasteiger partial charge on any atom is -0.508 e. The zero-order valence-electron chi connectivity index (χ0n) is 10.8. The molecule has 0 aromatic heterocycles. The lowest BCUT2D eigenvalue weighted by atomic mass is 10.2. The number of halogens is 1. The second-order valence-corrected chi connectivity index (χ2v) is 6.53. The highest BCUT2D eigenvalue weighted by Gasteiger charge is 2.30. The van der Waals surface area contributed by atoms with Gasteiger partial charge >= 0.3 is 0 Å². The lowest BCUT2D eigenvalue weighted by Crippen LogP contribution is -2.09. The maximum absolute atomic E-state index is 13.4. The summed E-state index contributed by atoms with van der Waals surface area (Å²) >= 11 is 0. The summed E-state index contributed by atoms with van der Waals surface area (Å²) in [5.41, 5.74) is 0.486. The summed E-state index contributed by atoms with van der Waals surface area (Å²) in [6, 6.07) is 9.90. The van der Waals surface area contributed by atoms with Crippen LogP contribution in [-0.4, -0.2) is 20.1 Å². The molecule has 4 nitrogen and oxygen atoms in total. The van der Waals surface area contributed by atoms with E-state index in [0.29, 0.717) is 5.56 Å². The molecule has 1 N–H and O–H groups in total. The highest BCUT2D eigenvalue weighted by Crippen LogP contribution is 2.35. The van der Waals surface area contributed by atoms with E-state index < -0.39 is 15.7 Å². The van der Waals surface area contributed by atoms with Crippen LogP contribution >= 0.6 is 0 Å². The number of sulfone groups is 1. The smallest absolute Gasteiger partial charge is 0.206 e. The number of fused-ring (bicyclic) bond motifs is 1. The Morgan fingerprint density at radius 2 is 1.90 bits per heavy atom. The summed E-state index contributed by atoms with van der Waals surface area (Å²) in [4.78, 5) is 0.0704. The van der Waals surface area contributed by atoms with Crippen molar-refractivity contribution in [3.05, 3.63) is 58.8 Å². The zero-order chi connectivity index (χ0) is 15.0. The molecule has 1 aliphatic heterocycles. The van der Waals surface area contributed by atoms with Crippen molar-refractivity contribution in [3.63, 3.8) is 0 Å². The molecule has 0 fully saturated rings. The predicted molar refractivity (Wildman–Crippen MR) is 75.2 cm³/mol. The van der Waals surface area contributed by atoms with Crippen LogP contribution in [0.2, 0.25) is 0 Å². The first kappa shape index (κ1) is 13.6. The van der Waals surface area contributed by atoms with Gasteiger partial charge < -0.3 is 9.84 Å². The molecule has 0 saturated heterocycles. The normalized spacial score (nSPS) is 15.4. The topological polar surface area (TPSA) is 63.6 Å². The van der Waals surface area contributed by atoms with Gasteiger partial charge in [-0.3, -0.25) is 0 Å². The Labute approximate surface area is 121 Å². The first-order chi connectivity index (χ1) is 9.98. The van der Waals surface area contributed by atoms with E-state index in [0.717, 1.165) is 0 Å². The molecule has 0 atom stereocenters. The fourth-order valence-corrected chi connectivity index (χ4v) is 3.59. The Kier molecular flexibility index (Phi) is 3.17. The van der Waals surface area contributed by atoms with Crippen LogP contribution in [0, 0.1) is 5.82 Å². The molecule has 2 aromatic carbocycles. The molecule has 21 heavy (non-hydrogen) atoms. The summed E-state index contributed by atoms with van der Waals surface area (Å²) in [6.07, 6.45) is 1.46. The third-order valence-electron chi connectivity index (χ3n) is 3.15. The van der Waals surface area contributed by atoms with Gasteiger partial charge in [0.2, 0.25) is 9.84 Å². The molecule has 0 radical (unpaired) electrons. The van der Waals surface area contributed by atoms with Gasteiger partial charge in [0, 0.05) is 0 Å². The molecule has 108 valence electrons. The van der Waals surface area contributed by atoms with E-state index in [-0.39, 0.29) is 27.9 Å². The number of benzene rings is 2. The quantitative estimate of drug-likeness (QED) is 0.947. The minimum absolute atomic E-state index is 0.00703. The van der Waals surface area contributed by atoms with Crippen LogP contribution in [0.3, 0.4) is 0 Å². The van der Waals surface area contributed by atoms with Crippen molar-refractivity contribution in [1.82, 2.24) is 0 Å². The molecule has 6 heteroatoms. The van der Waals surface area contributed by atoms with Gasteiger partial charge in [0.25, 0.3) is 0 Å². The number of phenols is 1. The van der Waals surface area contributed by atoms with Crippen molar-refractivity contribution in [2.24, 2.45) is 0 Å². The average Bonchev–Trinajstić information content (AvgIpc) is 2.69. The predicted octanol–water partition coefficient (Wildman–Crippen LogP) is 2.74. The monoisotopic (exact) mass is 306 g/mol. The number of ether oxygens (including phenoxy) is 1. The highest BCUT2D eigenvalue weighted by molar-refractivity contribution is 7.95. The number of phenolic OH excluding ortho intramolecular Hbond substituents is 1. The number of aromatic hydroxyl groups is 1. The van der Waals surface area contributed by atoms with Crippen LogP contribution in [0.15, 0.2) is 52.3 Å². The molecule has 0 bridgehead atoms. The van der Waals surface area contributed by atoms with Crippen LogP contribution in [-0.2, 0) is 9.84 Å². The molecule has 0 unspecified atom stereocenters. The van der Waals surface area contributed by atoms with Crippen molar-refractivity contribution >= 4 is 15.9 Å². The third-order valence-corrected chi connectivity index (χ3v) is 5.01. The number of hydrogen-bond donors (Lipinski definition) is 1. The lowest BCUT2D eigenvalue weighted by molar-refractivity contribution is 0.338. The van der Waals surface area contributed by atoms with Crippen LogP contribution in [0.5, 0.6) is 11.5 Å². The molecule has 1 aliphatic rings. The standard InChI is InChI=1S/C15H11FO4S/c16-13-3-1-2-4-14(13)20-9-12-7-10-5-6-11(17)8-15(10)21(12,18)19/h1-8,17H,9H2. The summed E-state index contributed by atoms with van der Waals surface area (Å²) in [6.45, 7) is -0.265. The molecule has 0 amide bonds. The fourth-order valence-electron chi connectivity index (χ4n) is 2.10. The van der Waals surface area contributed by atoms with Crippen LogP contribution in [0.4, 0.5) is 4.39 Å². The second kappa shape index (κ2) is 4.89. The maximum atomic E-state index is 13.4. The molecule has 2 aromatic rings. The van der Waals surface area contributed by atoms with Crippen molar-refractivity contribution in [2.45, 2.75) is 4.90 Å². The number of rotatable bonds is 3. The van der Waals surface area contributed by atoms with Gasteiger partial charge in [-0.1, -0.05) is 12.1 Å². The third kappa shape index (κ3) is 2.38. The Balaban J connectivity index is 1.87. The Bertz CT molecular complexity index is 841. The Hall–Kier alpha value is -2.34. The van der Waals surface area contributed by atoms with Gasteiger partial charge in [0.1, 0.15) is 12.4 Å². The second-order valence-electron chi connectivity index (χ2n) is 4.56. The van der Waals surface area contributed by atoms with E-state index in [1.54, 1.807) is 6.07 Å². The van der Waals surface area contributed by atoms with E-state index in [4.69, 9.17) is 4.74 Å². The molecular weight excluding hydrogens is 295 g/mol. The zero-order valence-corrected chi connectivity index (χ0v) is 11.6. The Morgan fingerprint density at radius 1 is 1.14 bits per heavy atom. The SMILES string of the molecule is O=S1(=O)C(COc2ccccc2F)=Cc2ccc(O)cc21. The van der Waals surface area contributed by atoms with Crippen molar-refractivity contribution in [2.75, 3.05) is 6.61 Å². The molecule has 0 aliphatic carbocycles. The van der Waals surface area contributed by atoms with Crippen molar-refractivity contribution in [1.29, 1.82) is 0 Å². The summed E-state index contributed by atoms with van der Waals surface area (Å²) < 4.78 is 43.3. The maximum Gasteiger partial charge on any atom is 0.206 e. The van der Waals surface area contributed by atoms with Gasteiger partial charge in [-0.15, -0.1) is 0 Å². The van der Waals surface area contributed by atoms with E-state index in [9.17, 15) is 17.9 Å². The number of para-hydroxylation sites is 1. The fraction of sp³-hybridized carbons (Fsp3) is 0.0667. The van der Waals surface area contributed by atoms with E-state index in [2.05, 4.69) is 0 Å². The van der Waals surface area contributed by atoms with E-state index in [1.807, 2.05) is 0 Å². The van der Waals surface area contributed by atoms with Gasteiger partial charge in [-0.25, -0.2) is 12.8 Å². The van der Waals surface area contributed by atoms with Crippen LogP contribution < -0.4 is 4.74 Å². The summed E-state index contributed by atoms with van der Waals surface area (Å²) in [5, 5.41) is 9.39. The van der Waals surface area contributed by atoms with Gasteiger partial charge in [0.05, 0.1) is 9.80 Å². The minimum atomic E-state index is -3.70. The van der Waals surface area contributed by atoms with Crippen LogP contribution in [0.25, 0.3) is 6.08 Å². The molecule has 0 saturated carbocycles. The molecule has 1 heterocycles. The van der Waals surface area contributed by atoms with Gasteiger partial charge in [-0.2, -0.15) is 0 Å². The Morgan fingerprint density at radius 3 is 2.67 bits per heavy atom. The van der Waals surface area contributed by atoms with Crippen molar-refractivity contribution in [3.8, 4) is 11.5 Å². The highest BCUT2D eigenvalue weighted by atomic mass is 32.2. The molecular formula is C15H11FO4S. The van der Waals surface area contributed by atoms with Gasteiger partial charge in [0.15, 0.2) is 11.6 Å². The van der Waals surface area contributed by atoms with E-state index >= 15 is 0 Å². The summed E-state index contributed by atoms with van der Waals surface area (Å²) in [7, 11) is -3.70. The first-order valence-electron chi connectivity index (χ1n) is 6.14. The van der Waals surface area contributed by atoms with E-state index in [1.165, 1.54) is 42.5 Å². The first-order valence-corrected chi connectivity index (χ1v) is 7.63. The number of hydrogen-bond acceptors (Lipinski definition) is 4. The average molecular weight is 306 g/mol. The largest absolute Gasteiger partial charge is 0.508 e. The summed E-state index contributed by atoms with van der Waals surface area (Å²) in [5.74, 6) is -0.682. The molecule has 0 spiro atoms.